The summed E-state index contributed by atoms with van der Waals surface area (Å²) in [7, 11) is 0. The molecule has 7 heteroatoms. The van der Waals surface area contributed by atoms with E-state index in [4.69, 9.17) is 5.26 Å². The van der Waals surface area contributed by atoms with E-state index in [1.165, 1.54) is 18.2 Å². The van der Waals surface area contributed by atoms with Gasteiger partial charge in [0.05, 0.1) is 23.6 Å². The van der Waals surface area contributed by atoms with Crippen molar-refractivity contribution in [3.05, 3.63) is 59.2 Å². The van der Waals surface area contributed by atoms with E-state index in [0.717, 1.165) is 12.1 Å². The fourth-order valence-electron chi connectivity index (χ4n) is 2.23. The molecule has 0 aliphatic rings. The molecule has 0 saturated carbocycles. The molecule has 0 atom stereocenters. The standard InChI is InChI=1S/C16H9F6N/c17-15(18,19)11-5-6-12(10(9-11)7-8-23)13-3-1-2-4-14(13)16(20,21)22/h1-6,9H,7H2. The second-order valence-electron chi connectivity index (χ2n) is 4.75. The number of alkyl halides is 6. The summed E-state index contributed by atoms with van der Waals surface area (Å²) in [6.45, 7) is 0. The maximum Gasteiger partial charge on any atom is 0.417 e. The molecule has 1 nitrogen and oxygen atoms in total. The molecule has 2 rings (SSSR count). The van der Waals surface area contributed by atoms with Gasteiger partial charge in [0.15, 0.2) is 0 Å². The largest absolute Gasteiger partial charge is 0.417 e. The van der Waals surface area contributed by atoms with E-state index in [1.807, 2.05) is 0 Å². The van der Waals surface area contributed by atoms with E-state index in [-0.39, 0.29) is 16.7 Å². The van der Waals surface area contributed by atoms with Gasteiger partial charge in [-0.3, -0.25) is 0 Å². The van der Waals surface area contributed by atoms with Crippen molar-refractivity contribution in [2.75, 3.05) is 0 Å². The lowest BCUT2D eigenvalue weighted by Crippen LogP contribution is -2.09. The minimum atomic E-state index is -4.65. The van der Waals surface area contributed by atoms with Gasteiger partial charge < -0.3 is 0 Å². The Morgan fingerprint density at radius 3 is 2.04 bits per heavy atom. The van der Waals surface area contributed by atoms with Gasteiger partial charge in [0, 0.05) is 0 Å². The molecule has 0 aliphatic carbocycles. The fraction of sp³-hybridized carbons (Fsp3) is 0.188. The van der Waals surface area contributed by atoms with Gasteiger partial charge in [-0.05, 0) is 34.9 Å². The summed E-state index contributed by atoms with van der Waals surface area (Å²) in [6, 6.07) is 8.66. The zero-order valence-corrected chi connectivity index (χ0v) is 11.5. The van der Waals surface area contributed by atoms with Gasteiger partial charge in [-0.1, -0.05) is 24.3 Å². The van der Waals surface area contributed by atoms with Crippen molar-refractivity contribution in [3.63, 3.8) is 0 Å². The number of hydrogen-bond acceptors (Lipinski definition) is 1. The molecular formula is C16H9F6N. The van der Waals surface area contributed by atoms with Crippen molar-refractivity contribution in [2.24, 2.45) is 0 Å². The first-order valence-corrected chi connectivity index (χ1v) is 6.38. The summed E-state index contributed by atoms with van der Waals surface area (Å²) in [5.41, 5.74) is -2.35. The molecule has 0 N–H and O–H groups in total. The molecular weight excluding hydrogens is 320 g/mol. The lowest BCUT2D eigenvalue weighted by atomic mass is 9.92. The normalized spacial score (nSPS) is 12.0. The quantitative estimate of drug-likeness (QED) is 0.671. The average molecular weight is 329 g/mol. The maximum atomic E-state index is 13.1. The Labute approximate surface area is 127 Å². The van der Waals surface area contributed by atoms with Gasteiger partial charge >= 0.3 is 12.4 Å². The third kappa shape index (κ3) is 3.65. The van der Waals surface area contributed by atoms with Crippen LogP contribution in [-0.2, 0) is 18.8 Å². The fourth-order valence-corrected chi connectivity index (χ4v) is 2.23. The van der Waals surface area contributed by atoms with Gasteiger partial charge in [0.1, 0.15) is 0 Å². The predicted octanol–water partition coefficient (Wildman–Crippen LogP) is 5.46. The highest BCUT2D eigenvalue weighted by molar-refractivity contribution is 5.72. The number of nitriles is 1. The van der Waals surface area contributed by atoms with Crippen LogP contribution in [-0.4, -0.2) is 0 Å². The molecule has 0 unspecified atom stereocenters. The van der Waals surface area contributed by atoms with Crippen LogP contribution in [0.3, 0.4) is 0 Å². The van der Waals surface area contributed by atoms with Crippen molar-refractivity contribution in [3.8, 4) is 17.2 Å². The van der Waals surface area contributed by atoms with Crippen LogP contribution < -0.4 is 0 Å². The number of halogens is 6. The smallest absolute Gasteiger partial charge is 0.198 e. The Bertz CT molecular complexity index is 752. The molecule has 0 aliphatic heterocycles. The van der Waals surface area contributed by atoms with Crippen molar-refractivity contribution >= 4 is 0 Å². The van der Waals surface area contributed by atoms with Crippen molar-refractivity contribution < 1.29 is 26.3 Å². The van der Waals surface area contributed by atoms with E-state index in [1.54, 1.807) is 6.07 Å². The van der Waals surface area contributed by atoms with Crippen molar-refractivity contribution in [1.82, 2.24) is 0 Å². The van der Waals surface area contributed by atoms with Crippen molar-refractivity contribution in [1.29, 1.82) is 5.26 Å². The van der Waals surface area contributed by atoms with Crippen LogP contribution >= 0.6 is 0 Å². The molecule has 0 aromatic heterocycles. The average Bonchev–Trinajstić information content (AvgIpc) is 2.46. The van der Waals surface area contributed by atoms with E-state index < -0.39 is 29.9 Å². The molecule has 0 heterocycles. The van der Waals surface area contributed by atoms with E-state index in [2.05, 4.69) is 0 Å². The maximum absolute atomic E-state index is 13.1. The number of benzene rings is 2. The molecule has 120 valence electrons. The summed E-state index contributed by atoms with van der Waals surface area (Å²) < 4.78 is 77.5. The Hall–Kier alpha value is -2.49. The summed E-state index contributed by atoms with van der Waals surface area (Å²) in [5.74, 6) is 0. The van der Waals surface area contributed by atoms with Crippen LogP contribution in [0.5, 0.6) is 0 Å². The zero-order valence-electron chi connectivity index (χ0n) is 11.5. The molecule has 2 aromatic carbocycles. The lowest BCUT2D eigenvalue weighted by Gasteiger charge is -2.16. The van der Waals surface area contributed by atoms with Gasteiger partial charge in [-0.15, -0.1) is 0 Å². The Morgan fingerprint density at radius 1 is 0.826 bits per heavy atom. The first kappa shape index (κ1) is 16.9. The van der Waals surface area contributed by atoms with Gasteiger partial charge in [-0.2, -0.15) is 31.6 Å². The van der Waals surface area contributed by atoms with Crippen LogP contribution in [0.4, 0.5) is 26.3 Å². The molecule has 0 saturated heterocycles. The number of nitrogens with zero attached hydrogens (tertiary/aromatic N) is 1. The minimum absolute atomic E-state index is 0.0347. The Kier molecular flexibility index (Phi) is 4.37. The summed E-state index contributed by atoms with van der Waals surface area (Å²) in [5, 5.41) is 8.76. The SMILES string of the molecule is N#CCc1cc(C(F)(F)F)ccc1-c1ccccc1C(F)(F)F. The Morgan fingerprint density at radius 2 is 1.48 bits per heavy atom. The summed E-state index contributed by atoms with van der Waals surface area (Å²) in [6.07, 6.45) is -9.71. The summed E-state index contributed by atoms with van der Waals surface area (Å²) in [4.78, 5) is 0. The van der Waals surface area contributed by atoms with E-state index >= 15 is 0 Å². The van der Waals surface area contributed by atoms with Crippen LogP contribution in [0.25, 0.3) is 11.1 Å². The number of hydrogen-bond donors (Lipinski definition) is 0. The Balaban J connectivity index is 2.68. The molecule has 0 fully saturated rings. The highest BCUT2D eigenvalue weighted by Crippen LogP contribution is 2.39. The van der Waals surface area contributed by atoms with Gasteiger partial charge in [-0.25, -0.2) is 0 Å². The molecule has 2 aromatic rings. The van der Waals surface area contributed by atoms with Crippen LogP contribution in [0.15, 0.2) is 42.5 Å². The lowest BCUT2D eigenvalue weighted by molar-refractivity contribution is -0.138. The van der Waals surface area contributed by atoms with Crippen LogP contribution in [0, 0.1) is 11.3 Å². The highest BCUT2D eigenvalue weighted by Gasteiger charge is 2.35. The van der Waals surface area contributed by atoms with Gasteiger partial charge in [0.25, 0.3) is 0 Å². The topological polar surface area (TPSA) is 23.8 Å². The molecule has 23 heavy (non-hydrogen) atoms. The first-order valence-electron chi connectivity index (χ1n) is 6.38. The van der Waals surface area contributed by atoms with Crippen molar-refractivity contribution in [2.45, 2.75) is 18.8 Å². The minimum Gasteiger partial charge on any atom is -0.198 e. The second kappa shape index (κ2) is 5.95. The molecule has 0 radical (unpaired) electrons. The highest BCUT2D eigenvalue weighted by atomic mass is 19.4. The first-order chi connectivity index (χ1) is 10.6. The predicted molar refractivity (Wildman–Crippen MR) is 71.2 cm³/mol. The van der Waals surface area contributed by atoms with Crippen LogP contribution in [0.1, 0.15) is 16.7 Å². The molecule has 0 amide bonds. The van der Waals surface area contributed by atoms with E-state index in [9.17, 15) is 26.3 Å². The third-order valence-corrected chi connectivity index (χ3v) is 3.22. The van der Waals surface area contributed by atoms with E-state index in [0.29, 0.717) is 12.1 Å². The molecule has 0 spiro atoms. The van der Waals surface area contributed by atoms with Crippen LogP contribution in [0.2, 0.25) is 0 Å². The summed E-state index contributed by atoms with van der Waals surface area (Å²) >= 11 is 0. The zero-order chi connectivity index (χ0) is 17.3. The number of rotatable bonds is 2. The third-order valence-electron chi connectivity index (χ3n) is 3.22. The second-order valence-corrected chi connectivity index (χ2v) is 4.75. The van der Waals surface area contributed by atoms with Gasteiger partial charge in [0.2, 0.25) is 0 Å². The monoisotopic (exact) mass is 329 g/mol. The molecule has 0 bridgehead atoms.